The molecule has 0 fully saturated rings. The number of halogens is 1. The van der Waals surface area contributed by atoms with Gasteiger partial charge in [0.1, 0.15) is 5.75 Å². The van der Waals surface area contributed by atoms with Gasteiger partial charge in [0.05, 0.1) is 6.54 Å². The predicted molar refractivity (Wildman–Crippen MR) is 58.8 cm³/mol. The lowest BCUT2D eigenvalue weighted by atomic mass is 10.3. The Bertz CT molecular complexity index is 384. The lowest BCUT2D eigenvalue weighted by Gasteiger charge is -2.05. The van der Waals surface area contributed by atoms with Crippen LogP contribution in [0.25, 0.3) is 0 Å². The summed E-state index contributed by atoms with van der Waals surface area (Å²) in [6.07, 6.45) is 4.98. The van der Waals surface area contributed by atoms with Crippen molar-refractivity contribution in [3.63, 3.8) is 0 Å². The van der Waals surface area contributed by atoms with Crippen molar-refractivity contribution in [1.29, 1.82) is 0 Å². The van der Waals surface area contributed by atoms with Crippen molar-refractivity contribution in [2.45, 2.75) is 0 Å². The van der Waals surface area contributed by atoms with Gasteiger partial charge in [-0.2, -0.15) is 0 Å². The van der Waals surface area contributed by atoms with Gasteiger partial charge in [0.15, 0.2) is 6.61 Å². The second-order valence-corrected chi connectivity index (χ2v) is 3.16. The molecular weight excluding hydrogens is 214 g/mol. The van der Waals surface area contributed by atoms with Gasteiger partial charge in [-0.1, -0.05) is 23.6 Å². The van der Waals surface area contributed by atoms with E-state index >= 15 is 0 Å². The molecule has 0 aliphatic heterocycles. The SMILES string of the molecule is C#CCNC(=O)COc1cccc(Cl)c1. The Labute approximate surface area is 93.4 Å². The quantitative estimate of drug-likeness (QED) is 0.785. The van der Waals surface area contributed by atoms with Gasteiger partial charge in [-0.15, -0.1) is 6.42 Å². The molecule has 0 radical (unpaired) electrons. The Hall–Kier alpha value is -1.66. The van der Waals surface area contributed by atoms with E-state index < -0.39 is 0 Å². The van der Waals surface area contributed by atoms with Crippen LogP contribution in [0.1, 0.15) is 0 Å². The normalized spacial score (nSPS) is 9.07. The first-order chi connectivity index (χ1) is 7.22. The predicted octanol–water partition coefficient (Wildman–Crippen LogP) is 1.47. The van der Waals surface area contributed by atoms with Gasteiger partial charge in [-0.05, 0) is 18.2 Å². The topological polar surface area (TPSA) is 38.3 Å². The van der Waals surface area contributed by atoms with Gasteiger partial charge in [0, 0.05) is 5.02 Å². The van der Waals surface area contributed by atoms with Crippen molar-refractivity contribution >= 4 is 17.5 Å². The molecule has 78 valence electrons. The van der Waals surface area contributed by atoms with E-state index in [2.05, 4.69) is 11.2 Å². The van der Waals surface area contributed by atoms with Gasteiger partial charge in [-0.3, -0.25) is 4.79 Å². The number of nitrogens with one attached hydrogen (secondary N) is 1. The molecule has 0 heterocycles. The fourth-order valence-corrected chi connectivity index (χ4v) is 1.09. The summed E-state index contributed by atoms with van der Waals surface area (Å²) in [6.45, 7) is 0.139. The Morgan fingerprint density at radius 3 is 3.07 bits per heavy atom. The van der Waals surface area contributed by atoms with E-state index in [1.165, 1.54) is 0 Å². The molecule has 1 amide bonds. The van der Waals surface area contributed by atoms with Crippen molar-refractivity contribution in [3.8, 4) is 18.1 Å². The highest BCUT2D eigenvalue weighted by Gasteiger charge is 2.01. The summed E-state index contributed by atoms with van der Waals surface area (Å²) in [5, 5.41) is 3.05. The summed E-state index contributed by atoms with van der Waals surface area (Å²) in [5.41, 5.74) is 0. The zero-order valence-corrected chi connectivity index (χ0v) is 8.75. The van der Waals surface area contributed by atoms with E-state index in [-0.39, 0.29) is 19.1 Å². The number of amides is 1. The molecule has 1 rings (SSSR count). The lowest BCUT2D eigenvalue weighted by Crippen LogP contribution is -2.28. The maximum atomic E-state index is 11.1. The molecule has 0 aliphatic rings. The van der Waals surface area contributed by atoms with E-state index in [0.717, 1.165) is 0 Å². The zero-order valence-electron chi connectivity index (χ0n) is 8.00. The highest BCUT2D eigenvalue weighted by molar-refractivity contribution is 6.30. The number of carbonyl (C=O) groups is 1. The molecule has 15 heavy (non-hydrogen) atoms. The first-order valence-electron chi connectivity index (χ1n) is 4.31. The second kappa shape index (κ2) is 5.94. The lowest BCUT2D eigenvalue weighted by molar-refractivity contribution is -0.122. The minimum atomic E-state index is -0.257. The minimum absolute atomic E-state index is 0.0674. The van der Waals surface area contributed by atoms with Crippen LogP contribution in [0.4, 0.5) is 0 Å². The Morgan fingerprint density at radius 1 is 1.60 bits per heavy atom. The third-order valence-electron chi connectivity index (χ3n) is 1.55. The van der Waals surface area contributed by atoms with Crippen LogP contribution >= 0.6 is 11.6 Å². The molecule has 1 aromatic rings. The smallest absolute Gasteiger partial charge is 0.258 e. The maximum absolute atomic E-state index is 11.1. The average Bonchev–Trinajstić information content (AvgIpc) is 2.23. The molecular formula is C11H10ClNO2. The van der Waals surface area contributed by atoms with Crippen LogP contribution < -0.4 is 10.1 Å². The van der Waals surface area contributed by atoms with Crippen molar-refractivity contribution in [2.24, 2.45) is 0 Å². The van der Waals surface area contributed by atoms with Gasteiger partial charge in [0.2, 0.25) is 0 Å². The van der Waals surface area contributed by atoms with E-state index in [1.807, 2.05) is 0 Å². The summed E-state index contributed by atoms with van der Waals surface area (Å²) >= 11 is 5.74. The summed E-state index contributed by atoms with van der Waals surface area (Å²) in [7, 11) is 0. The number of hydrogen-bond donors (Lipinski definition) is 1. The van der Waals surface area contributed by atoms with E-state index in [0.29, 0.717) is 10.8 Å². The number of terminal acetylenes is 1. The highest BCUT2D eigenvalue weighted by atomic mass is 35.5. The third kappa shape index (κ3) is 4.39. The van der Waals surface area contributed by atoms with Crippen LogP contribution in [0.5, 0.6) is 5.75 Å². The molecule has 0 atom stereocenters. The molecule has 0 bridgehead atoms. The van der Waals surface area contributed by atoms with E-state index in [1.54, 1.807) is 24.3 Å². The summed E-state index contributed by atoms with van der Waals surface area (Å²) in [5.74, 6) is 2.59. The highest BCUT2D eigenvalue weighted by Crippen LogP contribution is 2.16. The second-order valence-electron chi connectivity index (χ2n) is 2.73. The van der Waals surface area contributed by atoms with Crippen molar-refractivity contribution in [1.82, 2.24) is 5.32 Å². The van der Waals surface area contributed by atoms with Crippen molar-refractivity contribution < 1.29 is 9.53 Å². The van der Waals surface area contributed by atoms with E-state index in [9.17, 15) is 4.79 Å². The maximum Gasteiger partial charge on any atom is 0.258 e. The first-order valence-corrected chi connectivity index (χ1v) is 4.68. The molecule has 0 aromatic heterocycles. The molecule has 1 aromatic carbocycles. The van der Waals surface area contributed by atoms with Crippen LogP contribution in [0.3, 0.4) is 0 Å². The van der Waals surface area contributed by atoms with Crippen molar-refractivity contribution in [3.05, 3.63) is 29.3 Å². The fraction of sp³-hybridized carbons (Fsp3) is 0.182. The summed E-state index contributed by atoms with van der Waals surface area (Å²) in [6, 6.07) is 6.83. The standard InChI is InChI=1S/C11H10ClNO2/c1-2-6-13-11(14)8-15-10-5-3-4-9(12)7-10/h1,3-5,7H,6,8H2,(H,13,14). The molecule has 0 saturated carbocycles. The largest absolute Gasteiger partial charge is 0.484 e. The number of benzene rings is 1. The third-order valence-corrected chi connectivity index (χ3v) is 1.79. The number of hydrogen-bond acceptors (Lipinski definition) is 2. The van der Waals surface area contributed by atoms with Crippen LogP contribution in [0, 0.1) is 12.3 Å². The zero-order chi connectivity index (χ0) is 11.1. The monoisotopic (exact) mass is 223 g/mol. The van der Waals surface area contributed by atoms with Gasteiger partial charge < -0.3 is 10.1 Å². The molecule has 3 nitrogen and oxygen atoms in total. The molecule has 0 aliphatic carbocycles. The van der Waals surface area contributed by atoms with Crippen LogP contribution in [-0.2, 0) is 4.79 Å². The van der Waals surface area contributed by atoms with Gasteiger partial charge in [-0.25, -0.2) is 0 Å². The van der Waals surface area contributed by atoms with Crippen LogP contribution in [-0.4, -0.2) is 19.1 Å². The Kier molecular flexibility index (Phi) is 4.52. The minimum Gasteiger partial charge on any atom is -0.484 e. The molecule has 4 heteroatoms. The van der Waals surface area contributed by atoms with Gasteiger partial charge in [0.25, 0.3) is 5.91 Å². The Morgan fingerprint density at radius 2 is 2.40 bits per heavy atom. The number of carbonyl (C=O) groups excluding carboxylic acids is 1. The number of ether oxygens (including phenoxy) is 1. The first kappa shape index (κ1) is 11.4. The summed E-state index contributed by atoms with van der Waals surface area (Å²) in [4.78, 5) is 11.1. The van der Waals surface area contributed by atoms with Crippen LogP contribution in [0.2, 0.25) is 5.02 Å². The molecule has 0 unspecified atom stereocenters. The van der Waals surface area contributed by atoms with Crippen LogP contribution in [0.15, 0.2) is 24.3 Å². The molecule has 0 saturated heterocycles. The summed E-state index contributed by atoms with van der Waals surface area (Å²) < 4.78 is 5.18. The molecule has 1 N–H and O–H groups in total. The van der Waals surface area contributed by atoms with E-state index in [4.69, 9.17) is 22.8 Å². The number of rotatable bonds is 4. The van der Waals surface area contributed by atoms with Gasteiger partial charge >= 0.3 is 0 Å². The molecule has 0 spiro atoms. The average molecular weight is 224 g/mol. The van der Waals surface area contributed by atoms with Crippen molar-refractivity contribution in [2.75, 3.05) is 13.2 Å². The Balaban J connectivity index is 2.37. The fourth-order valence-electron chi connectivity index (χ4n) is 0.906.